The van der Waals surface area contributed by atoms with Gasteiger partial charge in [-0.3, -0.25) is 0 Å². The second-order valence-corrected chi connectivity index (χ2v) is 6.34. The van der Waals surface area contributed by atoms with Crippen LogP contribution in [0, 0.1) is 5.82 Å². The third kappa shape index (κ3) is 3.32. The number of hydrogen-bond acceptors (Lipinski definition) is 2. The molecule has 0 amide bonds. The van der Waals surface area contributed by atoms with Gasteiger partial charge < -0.3 is 9.64 Å². The molecule has 0 aliphatic carbocycles. The van der Waals surface area contributed by atoms with Gasteiger partial charge in [-0.1, -0.05) is 35.9 Å². The van der Waals surface area contributed by atoms with Crippen molar-refractivity contribution in [3.63, 3.8) is 0 Å². The fourth-order valence-electron chi connectivity index (χ4n) is 2.96. The Morgan fingerprint density at radius 1 is 1.14 bits per heavy atom. The molecule has 1 aliphatic heterocycles. The Kier molecular flexibility index (Phi) is 4.48. The quantitative estimate of drug-likeness (QED) is 0.836. The summed E-state index contributed by atoms with van der Waals surface area (Å²) in [6.07, 6.45) is 0.905. The van der Waals surface area contributed by atoms with Gasteiger partial charge in [0.25, 0.3) is 0 Å². The van der Waals surface area contributed by atoms with Gasteiger partial charge in [-0.25, -0.2) is 4.39 Å². The second-order valence-electron chi connectivity index (χ2n) is 5.90. The maximum atomic E-state index is 13.2. The van der Waals surface area contributed by atoms with E-state index in [9.17, 15) is 4.39 Å². The maximum Gasteiger partial charge on any atom is 0.123 e. The van der Waals surface area contributed by atoms with Crippen molar-refractivity contribution in [2.24, 2.45) is 0 Å². The fourth-order valence-corrected chi connectivity index (χ4v) is 3.08. The van der Waals surface area contributed by atoms with Gasteiger partial charge >= 0.3 is 0 Å². The lowest BCUT2D eigenvalue weighted by molar-refractivity contribution is -0.0527. The molecule has 1 aliphatic rings. The molecule has 116 valence electrons. The standard InChI is InChI=1S/C18H19ClFNO/c1-21-11-10-18(13-21,15-4-8-17(20)9-5-15)22-12-14-2-6-16(19)7-3-14/h2-9H,10-13H2,1H3. The Labute approximate surface area is 135 Å². The van der Waals surface area contributed by atoms with Gasteiger partial charge in [0.1, 0.15) is 11.4 Å². The van der Waals surface area contributed by atoms with Crippen molar-refractivity contribution in [2.75, 3.05) is 20.1 Å². The van der Waals surface area contributed by atoms with Gasteiger partial charge in [-0.15, -0.1) is 0 Å². The molecule has 1 heterocycles. The van der Waals surface area contributed by atoms with Crippen LogP contribution in [-0.4, -0.2) is 25.0 Å². The summed E-state index contributed by atoms with van der Waals surface area (Å²) in [5.41, 5.74) is 1.75. The monoisotopic (exact) mass is 319 g/mol. The van der Waals surface area contributed by atoms with Gasteiger partial charge in [0.15, 0.2) is 0 Å². The van der Waals surface area contributed by atoms with E-state index in [2.05, 4.69) is 11.9 Å². The molecule has 0 radical (unpaired) electrons. The summed E-state index contributed by atoms with van der Waals surface area (Å²) in [6.45, 7) is 2.30. The average molecular weight is 320 g/mol. The minimum Gasteiger partial charge on any atom is -0.364 e. The molecular formula is C18H19ClFNO. The lowest BCUT2D eigenvalue weighted by Crippen LogP contribution is -2.32. The highest BCUT2D eigenvalue weighted by Crippen LogP contribution is 2.36. The van der Waals surface area contributed by atoms with Gasteiger partial charge in [-0.2, -0.15) is 0 Å². The molecule has 0 aromatic heterocycles. The van der Waals surface area contributed by atoms with E-state index in [1.54, 1.807) is 0 Å². The highest BCUT2D eigenvalue weighted by Gasteiger charge is 2.39. The van der Waals surface area contributed by atoms with Crippen LogP contribution in [0.5, 0.6) is 0 Å². The first-order valence-electron chi connectivity index (χ1n) is 7.40. The molecule has 1 saturated heterocycles. The molecule has 4 heteroatoms. The Hall–Kier alpha value is -1.42. The van der Waals surface area contributed by atoms with Crippen LogP contribution >= 0.6 is 11.6 Å². The van der Waals surface area contributed by atoms with E-state index in [0.717, 1.165) is 35.7 Å². The fraction of sp³-hybridized carbons (Fsp3) is 0.333. The van der Waals surface area contributed by atoms with Crippen molar-refractivity contribution in [1.29, 1.82) is 0 Å². The molecule has 2 nitrogen and oxygen atoms in total. The Bertz CT molecular complexity index is 629. The van der Waals surface area contributed by atoms with Crippen molar-refractivity contribution < 1.29 is 9.13 Å². The van der Waals surface area contributed by atoms with Crippen molar-refractivity contribution in [2.45, 2.75) is 18.6 Å². The molecule has 2 aromatic carbocycles. The van der Waals surface area contributed by atoms with Crippen LogP contribution in [0.3, 0.4) is 0 Å². The number of nitrogens with zero attached hydrogens (tertiary/aromatic N) is 1. The maximum absolute atomic E-state index is 13.2. The summed E-state index contributed by atoms with van der Waals surface area (Å²) < 4.78 is 19.5. The first-order chi connectivity index (χ1) is 10.6. The molecule has 0 N–H and O–H groups in total. The molecule has 1 fully saturated rings. The van der Waals surface area contributed by atoms with Crippen molar-refractivity contribution in [3.05, 3.63) is 70.5 Å². The van der Waals surface area contributed by atoms with Gasteiger partial charge in [0.2, 0.25) is 0 Å². The van der Waals surface area contributed by atoms with Crippen molar-refractivity contribution in [1.82, 2.24) is 4.90 Å². The molecule has 22 heavy (non-hydrogen) atoms. The molecule has 0 saturated carbocycles. The summed E-state index contributed by atoms with van der Waals surface area (Å²) in [6, 6.07) is 14.3. The molecule has 0 spiro atoms. The smallest absolute Gasteiger partial charge is 0.123 e. The summed E-state index contributed by atoms with van der Waals surface area (Å²) >= 11 is 5.91. The zero-order valence-corrected chi connectivity index (χ0v) is 13.3. The topological polar surface area (TPSA) is 12.5 Å². The van der Waals surface area contributed by atoms with Crippen LogP contribution in [0.25, 0.3) is 0 Å². The third-order valence-corrected chi connectivity index (χ3v) is 4.47. The molecular weight excluding hydrogens is 301 g/mol. The van der Waals surface area contributed by atoms with E-state index in [-0.39, 0.29) is 11.4 Å². The number of rotatable bonds is 4. The van der Waals surface area contributed by atoms with Gasteiger partial charge in [0.05, 0.1) is 6.61 Å². The van der Waals surface area contributed by atoms with Crippen molar-refractivity contribution in [3.8, 4) is 0 Å². The minimum atomic E-state index is -0.373. The zero-order valence-electron chi connectivity index (χ0n) is 12.6. The van der Waals surface area contributed by atoms with Gasteiger partial charge in [-0.05, 0) is 48.9 Å². The zero-order chi connectivity index (χ0) is 15.6. The van der Waals surface area contributed by atoms with Gasteiger partial charge in [0, 0.05) is 18.1 Å². The summed E-state index contributed by atoms with van der Waals surface area (Å²) in [4.78, 5) is 2.24. The number of ether oxygens (including phenoxy) is 1. The molecule has 2 aromatic rings. The van der Waals surface area contributed by atoms with E-state index in [4.69, 9.17) is 16.3 Å². The van der Waals surface area contributed by atoms with Crippen LogP contribution in [-0.2, 0) is 16.9 Å². The summed E-state index contributed by atoms with van der Waals surface area (Å²) in [5, 5.41) is 0.720. The van der Waals surface area contributed by atoms with E-state index >= 15 is 0 Å². The largest absolute Gasteiger partial charge is 0.364 e. The van der Waals surface area contributed by atoms with Crippen LogP contribution in [0.2, 0.25) is 5.02 Å². The Morgan fingerprint density at radius 3 is 2.41 bits per heavy atom. The molecule has 3 rings (SSSR count). The Morgan fingerprint density at radius 2 is 1.82 bits per heavy atom. The SMILES string of the molecule is CN1CCC(OCc2ccc(Cl)cc2)(c2ccc(F)cc2)C1. The van der Waals surface area contributed by atoms with Crippen LogP contribution in [0.1, 0.15) is 17.5 Å². The number of halogens is 2. The number of benzene rings is 2. The minimum absolute atomic E-state index is 0.219. The summed E-state index contributed by atoms with van der Waals surface area (Å²) in [7, 11) is 2.08. The lowest BCUT2D eigenvalue weighted by Gasteiger charge is -2.30. The first kappa shape index (κ1) is 15.5. The second kappa shape index (κ2) is 6.37. The van der Waals surface area contributed by atoms with Crippen molar-refractivity contribution >= 4 is 11.6 Å². The summed E-state index contributed by atoms with van der Waals surface area (Å²) in [5.74, 6) is -0.219. The highest BCUT2D eigenvalue weighted by atomic mass is 35.5. The van der Waals surface area contributed by atoms with E-state index in [1.165, 1.54) is 12.1 Å². The highest BCUT2D eigenvalue weighted by molar-refractivity contribution is 6.30. The normalized spacial score (nSPS) is 22.1. The molecule has 1 atom stereocenters. The van der Waals surface area contributed by atoms with E-state index in [0.29, 0.717) is 6.61 Å². The Balaban J connectivity index is 1.80. The van der Waals surface area contributed by atoms with E-state index < -0.39 is 0 Å². The first-order valence-corrected chi connectivity index (χ1v) is 7.78. The van der Waals surface area contributed by atoms with Crippen LogP contribution < -0.4 is 0 Å². The molecule has 1 unspecified atom stereocenters. The lowest BCUT2D eigenvalue weighted by atomic mass is 9.92. The number of likely N-dealkylation sites (tertiary alicyclic amines) is 1. The molecule has 0 bridgehead atoms. The van der Waals surface area contributed by atoms with Crippen LogP contribution in [0.4, 0.5) is 4.39 Å². The predicted molar refractivity (Wildman–Crippen MR) is 86.4 cm³/mol. The van der Waals surface area contributed by atoms with E-state index in [1.807, 2.05) is 36.4 Å². The third-order valence-electron chi connectivity index (χ3n) is 4.22. The predicted octanol–water partition coefficient (Wildman–Crippen LogP) is 4.23. The number of likely N-dealkylation sites (N-methyl/N-ethyl adjacent to an activating group) is 1. The number of hydrogen-bond donors (Lipinski definition) is 0. The average Bonchev–Trinajstić information content (AvgIpc) is 2.90. The van der Waals surface area contributed by atoms with Crippen LogP contribution in [0.15, 0.2) is 48.5 Å².